The average Bonchev–Trinajstić information content (AvgIpc) is 2.97. The fraction of sp³-hybridized carbons (Fsp3) is 0.375. The first kappa shape index (κ1) is 14.1. The summed E-state index contributed by atoms with van der Waals surface area (Å²) in [5.74, 6) is 1.20. The summed E-state index contributed by atoms with van der Waals surface area (Å²) in [5, 5.41) is 11.6. The van der Waals surface area contributed by atoms with Gasteiger partial charge in [-0.05, 0) is 48.3 Å². The van der Waals surface area contributed by atoms with Gasteiger partial charge in [-0.2, -0.15) is 0 Å². The van der Waals surface area contributed by atoms with Crippen molar-refractivity contribution < 1.29 is 9.84 Å². The van der Waals surface area contributed by atoms with E-state index < -0.39 is 0 Å². The minimum atomic E-state index is 0.226. The van der Waals surface area contributed by atoms with Crippen LogP contribution in [0.4, 0.5) is 0 Å². The maximum atomic E-state index is 9.54. The van der Waals surface area contributed by atoms with E-state index in [9.17, 15) is 5.11 Å². The Labute approximate surface area is 118 Å². The summed E-state index contributed by atoms with van der Waals surface area (Å²) in [6.07, 6.45) is 2.92. The minimum Gasteiger partial charge on any atom is -0.496 e. The number of para-hydroxylation sites is 1. The van der Waals surface area contributed by atoms with Crippen LogP contribution in [0, 0.1) is 5.92 Å². The zero-order valence-corrected chi connectivity index (χ0v) is 12.0. The standard InChI is InChI=1S/C16H20O2S/c1-18-16-7-3-2-5-14(16)11-13(12-17)8-9-15-6-4-10-19-15/h2-7,10,13,17H,8-9,11-12H2,1H3. The van der Waals surface area contributed by atoms with E-state index in [4.69, 9.17) is 4.74 Å². The van der Waals surface area contributed by atoms with Crippen molar-refractivity contribution in [2.24, 2.45) is 5.92 Å². The lowest BCUT2D eigenvalue weighted by atomic mass is 9.94. The third-order valence-corrected chi connectivity index (χ3v) is 4.27. The molecule has 1 unspecified atom stereocenters. The van der Waals surface area contributed by atoms with Crippen LogP contribution in [0.1, 0.15) is 16.9 Å². The highest BCUT2D eigenvalue weighted by Gasteiger charge is 2.12. The summed E-state index contributed by atoms with van der Waals surface area (Å²) in [6, 6.07) is 12.3. The zero-order valence-electron chi connectivity index (χ0n) is 11.2. The van der Waals surface area contributed by atoms with Crippen LogP contribution < -0.4 is 4.74 Å². The lowest BCUT2D eigenvalue weighted by molar-refractivity contribution is 0.217. The Morgan fingerprint density at radius 2 is 2.05 bits per heavy atom. The topological polar surface area (TPSA) is 29.5 Å². The lowest BCUT2D eigenvalue weighted by Crippen LogP contribution is -2.11. The highest BCUT2D eigenvalue weighted by Crippen LogP contribution is 2.23. The van der Waals surface area contributed by atoms with Crippen molar-refractivity contribution in [1.82, 2.24) is 0 Å². The molecule has 3 heteroatoms. The van der Waals surface area contributed by atoms with Gasteiger partial charge in [-0.1, -0.05) is 24.3 Å². The molecule has 0 aliphatic heterocycles. The molecule has 2 rings (SSSR count). The van der Waals surface area contributed by atoms with Crippen molar-refractivity contribution in [1.29, 1.82) is 0 Å². The van der Waals surface area contributed by atoms with Crippen LogP contribution in [0.2, 0.25) is 0 Å². The largest absolute Gasteiger partial charge is 0.496 e. The first-order valence-electron chi connectivity index (χ1n) is 6.58. The molecule has 102 valence electrons. The average molecular weight is 276 g/mol. The predicted molar refractivity (Wildman–Crippen MR) is 79.9 cm³/mol. The monoisotopic (exact) mass is 276 g/mol. The van der Waals surface area contributed by atoms with Gasteiger partial charge < -0.3 is 9.84 Å². The molecule has 0 bridgehead atoms. The van der Waals surface area contributed by atoms with Gasteiger partial charge in [0.2, 0.25) is 0 Å². The fourth-order valence-corrected chi connectivity index (χ4v) is 2.97. The van der Waals surface area contributed by atoms with Crippen LogP contribution in [0.5, 0.6) is 5.75 Å². The second-order valence-corrected chi connectivity index (χ2v) is 5.71. The van der Waals surface area contributed by atoms with E-state index in [1.165, 1.54) is 10.4 Å². The summed E-state index contributed by atoms with van der Waals surface area (Å²) < 4.78 is 5.36. The molecule has 1 aromatic carbocycles. The number of aliphatic hydroxyl groups excluding tert-OH is 1. The van der Waals surface area contributed by atoms with Crippen LogP contribution in [-0.4, -0.2) is 18.8 Å². The van der Waals surface area contributed by atoms with E-state index in [2.05, 4.69) is 23.6 Å². The maximum absolute atomic E-state index is 9.54. The smallest absolute Gasteiger partial charge is 0.122 e. The molecule has 0 amide bonds. The number of aryl methyl sites for hydroxylation is 1. The second-order valence-electron chi connectivity index (χ2n) is 4.68. The van der Waals surface area contributed by atoms with E-state index in [1.54, 1.807) is 18.4 Å². The number of hydrogen-bond acceptors (Lipinski definition) is 3. The van der Waals surface area contributed by atoms with Gasteiger partial charge in [-0.15, -0.1) is 11.3 Å². The van der Waals surface area contributed by atoms with Crippen LogP contribution in [0.25, 0.3) is 0 Å². The van der Waals surface area contributed by atoms with Crippen molar-refractivity contribution in [3.05, 3.63) is 52.2 Å². The Kier molecular flexibility index (Phi) is 5.43. The summed E-state index contributed by atoms with van der Waals surface area (Å²) in [6.45, 7) is 0.226. The van der Waals surface area contributed by atoms with Crippen molar-refractivity contribution in [3.8, 4) is 5.75 Å². The first-order chi connectivity index (χ1) is 9.33. The third-order valence-electron chi connectivity index (χ3n) is 3.34. The Hall–Kier alpha value is -1.32. The Morgan fingerprint density at radius 3 is 2.74 bits per heavy atom. The summed E-state index contributed by atoms with van der Waals surface area (Å²) in [4.78, 5) is 1.39. The van der Waals surface area contributed by atoms with Gasteiger partial charge in [-0.3, -0.25) is 0 Å². The molecular formula is C16H20O2S. The Bertz CT molecular complexity index is 479. The molecule has 19 heavy (non-hydrogen) atoms. The highest BCUT2D eigenvalue weighted by molar-refractivity contribution is 7.09. The van der Waals surface area contributed by atoms with Crippen LogP contribution in [0.3, 0.4) is 0 Å². The summed E-state index contributed by atoms with van der Waals surface area (Å²) >= 11 is 1.78. The number of ether oxygens (including phenoxy) is 1. The van der Waals surface area contributed by atoms with Gasteiger partial charge in [0.1, 0.15) is 5.75 Å². The van der Waals surface area contributed by atoms with E-state index in [0.29, 0.717) is 5.92 Å². The van der Waals surface area contributed by atoms with E-state index >= 15 is 0 Å². The molecule has 1 atom stereocenters. The van der Waals surface area contributed by atoms with Gasteiger partial charge >= 0.3 is 0 Å². The van der Waals surface area contributed by atoms with Gasteiger partial charge in [0.15, 0.2) is 0 Å². The summed E-state index contributed by atoms with van der Waals surface area (Å²) in [7, 11) is 1.69. The molecule has 0 spiro atoms. The fourth-order valence-electron chi connectivity index (χ4n) is 2.24. The van der Waals surface area contributed by atoms with Crippen molar-refractivity contribution in [2.45, 2.75) is 19.3 Å². The molecular weight excluding hydrogens is 256 g/mol. The molecule has 0 radical (unpaired) electrons. The molecule has 2 nitrogen and oxygen atoms in total. The minimum absolute atomic E-state index is 0.226. The number of hydrogen-bond donors (Lipinski definition) is 1. The molecule has 0 fully saturated rings. The van der Waals surface area contributed by atoms with Gasteiger partial charge in [0, 0.05) is 11.5 Å². The number of rotatable bonds is 7. The Morgan fingerprint density at radius 1 is 1.21 bits per heavy atom. The molecule has 0 saturated heterocycles. The molecule has 0 aliphatic rings. The van der Waals surface area contributed by atoms with Gasteiger partial charge in [0.25, 0.3) is 0 Å². The number of benzene rings is 1. The van der Waals surface area contributed by atoms with Gasteiger partial charge in [0.05, 0.1) is 7.11 Å². The third kappa shape index (κ3) is 4.08. The molecule has 0 aliphatic carbocycles. The number of thiophene rings is 1. The molecule has 1 N–H and O–H groups in total. The molecule has 0 saturated carbocycles. The molecule has 2 aromatic rings. The van der Waals surface area contributed by atoms with Crippen molar-refractivity contribution in [3.63, 3.8) is 0 Å². The normalized spacial score (nSPS) is 12.3. The predicted octanol–water partition coefficient (Wildman–Crippen LogP) is 3.54. The zero-order chi connectivity index (χ0) is 13.5. The summed E-state index contributed by atoms with van der Waals surface area (Å²) in [5.41, 5.74) is 1.18. The number of aliphatic hydroxyl groups is 1. The number of methoxy groups -OCH3 is 1. The van der Waals surface area contributed by atoms with Crippen LogP contribution in [0.15, 0.2) is 41.8 Å². The van der Waals surface area contributed by atoms with Crippen molar-refractivity contribution in [2.75, 3.05) is 13.7 Å². The van der Waals surface area contributed by atoms with Crippen LogP contribution in [-0.2, 0) is 12.8 Å². The molecule has 1 heterocycles. The van der Waals surface area contributed by atoms with Crippen molar-refractivity contribution >= 4 is 11.3 Å². The second kappa shape index (κ2) is 7.31. The van der Waals surface area contributed by atoms with E-state index in [1.807, 2.05) is 18.2 Å². The highest BCUT2D eigenvalue weighted by atomic mass is 32.1. The maximum Gasteiger partial charge on any atom is 0.122 e. The SMILES string of the molecule is COc1ccccc1CC(CO)CCc1cccs1. The van der Waals surface area contributed by atoms with E-state index in [0.717, 1.165) is 25.0 Å². The lowest BCUT2D eigenvalue weighted by Gasteiger charge is -2.15. The Balaban J connectivity index is 1.94. The van der Waals surface area contributed by atoms with Crippen LogP contribution >= 0.6 is 11.3 Å². The van der Waals surface area contributed by atoms with E-state index in [-0.39, 0.29) is 6.61 Å². The first-order valence-corrected chi connectivity index (χ1v) is 7.46. The quantitative estimate of drug-likeness (QED) is 0.838. The molecule has 1 aromatic heterocycles. The van der Waals surface area contributed by atoms with Gasteiger partial charge in [-0.25, -0.2) is 0 Å².